The van der Waals surface area contributed by atoms with E-state index in [9.17, 15) is 9.59 Å². The fourth-order valence-electron chi connectivity index (χ4n) is 2.78. The molecule has 0 unspecified atom stereocenters. The Morgan fingerprint density at radius 3 is 2.86 bits per heavy atom. The summed E-state index contributed by atoms with van der Waals surface area (Å²) in [4.78, 5) is 29.9. The first-order chi connectivity index (χ1) is 13.6. The quantitative estimate of drug-likeness (QED) is 0.484. The highest BCUT2D eigenvalue weighted by Crippen LogP contribution is 2.28. The van der Waals surface area contributed by atoms with E-state index in [1.54, 1.807) is 6.92 Å². The van der Waals surface area contributed by atoms with Crippen LogP contribution in [-0.2, 0) is 17.7 Å². The van der Waals surface area contributed by atoms with Gasteiger partial charge in [0, 0.05) is 16.5 Å². The number of rotatable bonds is 6. The van der Waals surface area contributed by atoms with Crippen molar-refractivity contribution in [1.82, 2.24) is 14.6 Å². The van der Waals surface area contributed by atoms with E-state index in [2.05, 4.69) is 15.4 Å². The van der Waals surface area contributed by atoms with E-state index in [1.165, 1.54) is 33.3 Å². The SMILES string of the molecule is CCOC(=O)c1cc2cc(NCc3cc(=O)n4nc(CC)sc4n3)ccc2s1. The molecule has 3 aromatic heterocycles. The lowest BCUT2D eigenvalue weighted by Crippen LogP contribution is -2.16. The van der Waals surface area contributed by atoms with Gasteiger partial charge in [-0.05, 0) is 43.0 Å². The molecule has 28 heavy (non-hydrogen) atoms. The summed E-state index contributed by atoms with van der Waals surface area (Å²) in [6.45, 7) is 4.57. The van der Waals surface area contributed by atoms with Crippen molar-refractivity contribution in [3.63, 3.8) is 0 Å². The zero-order chi connectivity index (χ0) is 19.7. The van der Waals surface area contributed by atoms with Crippen LogP contribution in [0.4, 0.5) is 5.69 Å². The van der Waals surface area contributed by atoms with Crippen molar-refractivity contribution in [2.24, 2.45) is 0 Å². The molecular formula is C19H18N4O3S2. The van der Waals surface area contributed by atoms with Crippen LogP contribution in [0.15, 0.2) is 35.1 Å². The Bertz CT molecular complexity index is 1230. The number of hydrogen-bond acceptors (Lipinski definition) is 8. The average Bonchev–Trinajstić information content (AvgIpc) is 3.30. The number of benzene rings is 1. The molecule has 0 aliphatic rings. The first kappa shape index (κ1) is 18.6. The number of fused-ring (bicyclic) bond motifs is 2. The van der Waals surface area contributed by atoms with E-state index in [-0.39, 0.29) is 11.5 Å². The monoisotopic (exact) mass is 414 g/mol. The molecule has 0 amide bonds. The molecule has 0 saturated carbocycles. The van der Waals surface area contributed by atoms with Crippen LogP contribution in [-0.4, -0.2) is 27.2 Å². The van der Waals surface area contributed by atoms with E-state index in [4.69, 9.17) is 4.74 Å². The van der Waals surface area contributed by atoms with Crippen molar-refractivity contribution in [3.05, 3.63) is 56.3 Å². The Balaban J connectivity index is 1.54. The summed E-state index contributed by atoms with van der Waals surface area (Å²) in [5.41, 5.74) is 1.38. The van der Waals surface area contributed by atoms with E-state index in [0.717, 1.165) is 27.2 Å². The lowest BCUT2D eigenvalue weighted by atomic mass is 10.2. The predicted octanol–water partition coefficient (Wildman–Crippen LogP) is 3.72. The van der Waals surface area contributed by atoms with Gasteiger partial charge in [-0.3, -0.25) is 4.79 Å². The van der Waals surface area contributed by atoms with Crippen molar-refractivity contribution in [3.8, 4) is 0 Å². The second kappa shape index (κ2) is 7.69. The molecule has 1 N–H and O–H groups in total. The number of nitrogens with zero attached hydrogens (tertiary/aromatic N) is 3. The zero-order valence-corrected chi connectivity index (χ0v) is 17.0. The number of aromatic nitrogens is 3. The molecule has 4 rings (SSSR count). The molecule has 0 saturated heterocycles. The number of carbonyl (C=O) groups is 1. The Morgan fingerprint density at radius 2 is 2.07 bits per heavy atom. The van der Waals surface area contributed by atoms with Crippen LogP contribution >= 0.6 is 22.7 Å². The number of anilines is 1. The van der Waals surface area contributed by atoms with Crippen LogP contribution in [0.5, 0.6) is 0 Å². The third-order valence-corrected chi connectivity index (χ3v) is 6.26. The highest BCUT2D eigenvalue weighted by Gasteiger charge is 2.12. The van der Waals surface area contributed by atoms with Gasteiger partial charge in [-0.1, -0.05) is 18.3 Å². The standard InChI is InChI=1S/C19H18N4O3S2/c1-3-16-22-23-17(24)9-13(21-19(23)28-16)10-20-12-5-6-14-11(7-12)8-15(27-14)18(25)26-4-2/h5-9,20H,3-4,10H2,1-2H3. The van der Waals surface area contributed by atoms with Crippen LogP contribution in [0.1, 0.15) is 34.2 Å². The fourth-order valence-corrected chi connectivity index (χ4v) is 4.57. The van der Waals surface area contributed by atoms with Gasteiger partial charge in [-0.25, -0.2) is 9.78 Å². The fraction of sp³-hybridized carbons (Fsp3) is 0.263. The molecule has 3 heterocycles. The summed E-state index contributed by atoms with van der Waals surface area (Å²) in [5.74, 6) is -0.299. The van der Waals surface area contributed by atoms with Crippen molar-refractivity contribution in [2.75, 3.05) is 11.9 Å². The zero-order valence-electron chi connectivity index (χ0n) is 15.4. The van der Waals surface area contributed by atoms with Gasteiger partial charge >= 0.3 is 5.97 Å². The largest absolute Gasteiger partial charge is 0.462 e. The Kier molecular flexibility index (Phi) is 5.10. The summed E-state index contributed by atoms with van der Waals surface area (Å²) < 4.78 is 7.43. The van der Waals surface area contributed by atoms with Crippen molar-refractivity contribution < 1.29 is 9.53 Å². The Hall–Kier alpha value is -2.78. The van der Waals surface area contributed by atoms with Crippen LogP contribution in [0.3, 0.4) is 0 Å². The smallest absolute Gasteiger partial charge is 0.348 e. The van der Waals surface area contributed by atoms with Crippen molar-refractivity contribution in [2.45, 2.75) is 26.8 Å². The van der Waals surface area contributed by atoms with Crippen LogP contribution in [0.25, 0.3) is 15.0 Å². The van der Waals surface area contributed by atoms with Gasteiger partial charge in [0.25, 0.3) is 5.56 Å². The Labute approximate surface area is 168 Å². The molecule has 0 radical (unpaired) electrons. The van der Waals surface area contributed by atoms with Crippen LogP contribution in [0.2, 0.25) is 0 Å². The van der Waals surface area contributed by atoms with E-state index < -0.39 is 0 Å². The van der Waals surface area contributed by atoms with Crippen LogP contribution in [0, 0.1) is 0 Å². The lowest BCUT2D eigenvalue weighted by molar-refractivity contribution is 0.0532. The average molecular weight is 415 g/mol. The predicted molar refractivity (Wildman–Crippen MR) is 112 cm³/mol. The number of esters is 1. The number of carbonyl (C=O) groups excluding carboxylic acids is 1. The Morgan fingerprint density at radius 1 is 1.21 bits per heavy atom. The van der Waals surface area contributed by atoms with Gasteiger partial charge in [0.2, 0.25) is 4.96 Å². The number of nitrogens with one attached hydrogen (secondary N) is 1. The highest BCUT2D eigenvalue weighted by molar-refractivity contribution is 7.20. The van der Waals surface area contributed by atoms with E-state index in [0.29, 0.717) is 28.7 Å². The second-order valence-corrected chi connectivity index (χ2v) is 8.19. The highest BCUT2D eigenvalue weighted by atomic mass is 32.1. The third-order valence-electron chi connectivity index (χ3n) is 4.11. The number of thiophene rings is 1. The summed E-state index contributed by atoms with van der Waals surface area (Å²) in [5, 5.41) is 9.40. The first-order valence-corrected chi connectivity index (χ1v) is 10.5. The molecule has 9 heteroatoms. The summed E-state index contributed by atoms with van der Waals surface area (Å²) in [6, 6.07) is 9.22. The van der Waals surface area contributed by atoms with Gasteiger partial charge in [-0.2, -0.15) is 9.61 Å². The minimum atomic E-state index is -0.299. The van der Waals surface area contributed by atoms with Crippen LogP contribution < -0.4 is 10.9 Å². The molecule has 0 aliphatic carbocycles. The van der Waals surface area contributed by atoms with Gasteiger partial charge in [0.1, 0.15) is 9.88 Å². The topological polar surface area (TPSA) is 85.6 Å². The third kappa shape index (κ3) is 3.63. The van der Waals surface area contributed by atoms with Gasteiger partial charge in [0.05, 0.1) is 18.8 Å². The molecule has 0 spiro atoms. The minimum Gasteiger partial charge on any atom is -0.462 e. The second-order valence-electron chi connectivity index (χ2n) is 6.07. The van der Waals surface area contributed by atoms with Crippen molar-refractivity contribution >= 4 is 49.4 Å². The number of hydrogen-bond donors (Lipinski definition) is 1. The molecule has 0 fully saturated rings. The molecule has 7 nitrogen and oxygen atoms in total. The van der Waals surface area contributed by atoms with Gasteiger partial charge < -0.3 is 10.1 Å². The maximum Gasteiger partial charge on any atom is 0.348 e. The molecule has 1 aromatic carbocycles. The number of aryl methyl sites for hydroxylation is 1. The molecule has 0 atom stereocenters. The molecule has 0 aliphatic heterocycles. The maximum absolute atomic E-state index is 12.2. The number of ether oxygens (including phenoxy) is 1. The molecular weight excluding hydrogens is 396 g/mol. The van der Waals surface area contributed by atoms with E-state index >= 15 is 0 Å². The summed E-state index contributed by atoms with van der Waals surface area (Å²) in [6.07, 6.45) is 0.773. The van der Waals surface area contributed by atoms with Gasteiger partial charge in [-0.15, -0.1) is 11.3 Å². The minimum absolute atomic E-state index is 0.176. The van der Waals surface area contributed by atoms with Crippen molar-refractivity contribution in [1.29, 1.82) is 0 Å². The van der Waals surface area contributed by atoms with Gasteiger partial charge in [0.15, 0.2) is 0 Å². The van der Waals surface area contributed by atoms with E-state index in [1.807, 2.05) is 31.2 Å². The summed E-state index contributed by atoms with van der Waals surface area (Å²) >= 11 is 2.84. The molecule has 0 bridgehead atoms. The normalized spacial score (nSPS) is 11.2. The lowest BCUT2D eigenvalue weighted by Gasteiger charge is -2.06. The first-order valence-electron chi connectivity index (χ1n) is 8.90. The summed E-state index contributed by atoms with van der Waals surface area (Å²) in [7, 11) is 0. The molecule has 144 valence electrons. The molecule has 4 aromatic rings. The maximum atomic E-state index is 12.2.